The van der Waals surface area contributed by atoms with E-state index in [4.69, 9.17) is 10.3 Å². The van der Waals surface area contributed by atoms with Gasteiger partial charge in [0.15, 0.2) is 0 Å². The Kier molecular flexibility index (Phi) is 4.72. The van der Waals surface area contributed by atoms with Crippen LogP contribution < -0.4 is 5.73 Å². The van der Waals surface area contributed by atoms with Crippen molar-refractivity contribution in [2.45, 2.75) is 10.4 Å². The van der Waals surface area contributed by atoms with Crippen molar-refractivity contribution in [1.82, 2.24) is 0 Å². The molecule has 5 nitrogen and oxygen atoms in total. The Morgan fingerprint density at radius 1 is 1.55 bits per heavy atom. The molecule has 11 heavy (non-hydrogen) atoms. The molecule has 0 saturated carbocycles. The zero-order valence-corrected chi connectivity index (χ0v) is 8.69. The normalized spacial score (nSPS) is 12.5. The first-order valence-electron chi connectivity index (χ1n) is 2.86. The van der Waals surface area contributed by atoms with Crippen LogP contribution in [-0.4, -0.2) is 40.4 Å². The van der Waals surface area contributed by atoms with Gasteiger partial charge in [-0.3, -0.25) is 0 Å². The SMILES string of the molecule is NC(=O)C[AsH]CCS(=O)(=O)O. The molecule has 1 atom stereocenters. The van der Waals surface area contributed by atoms with Gasteiger partial charge < -0.3 is 0 Å². The Hall–Kier alpha value is -0.0616. The van der Waals surface area contributed by atoms with E-state index in [2.05, 4.69) is 0 Å². The second-order valence-corrected chi connectivity index (χ2v) is 6.34. The number of nitrogens with two attached hydrogens (primary N) is 1. The summed E-state index contributed by atoms with van der Waals surface area (Å²) in [4.78, 5) is 10.2. The molecule has 0 bridgehead atoms. The fourth-order valence-corrected chi connectivity index (χ4v) is 4.23. The summed E-state index contributed by atoms with van der Waals surface area (Å²) >= 11 is -0.617. The van der Waals surface area contributed by atoms with Crippen LogP contribution in [0.4, 0.5) is 0 Å². The summed E-state index contributed by atoms with van der Waals surface area (Å²) in [5.41, 5.74) is 4.82. The molecule has 0 aromatic rings. The van der Waals surface area contributed by atoms with Crippen LogP contribution in [0.5, 0.6) is 0 Å². The molecule has 0 aliphatic heterocycles. The van der Waals surface area contributed by atoms with Crippen molar-refractivity contribution in [2.24, 2.45) is 5.73 Å². The monoisotopic (exact) mass is 243 g/mol. The third-order valence-corrected chi connectivity index (χ3v) is 4.84. The van der Waals surface area contributed by atoms with Crippen molar-refractivity contribution in [3.8, 4) is 0 Å². The van der Waals surface area contributed by atoms with Gasteiger partial charge >= 0.3 is 71.4 Å². The third kappa shape index (κ3) is 9.94. The predicted molar refractivity (Wildman–Crippen MR) is 42.4 cm³/mol. The van der Waals surface area contributed by atoms with Crippen LogP contribution in [0, 0.1) is 0 Å². The molecular weight excluding hydrogens is 233 g/mol. The second kappa shape index (κ2) is 4.74. The number of carbonyl (C=O) groups is 1. The Balaban J connectivity index is 3.37. The Labute approximate surface area is 71.8 Å². The van der Waals surface area contributed by atoms with Gasteiger partial charge in [-0.2, -0.15) is 0 Å². The molecule has 1 unspecified atom stereocenters. The van der Waals surface area contributed by atoms with Gasteiger partial charge in [0, 0.05) is 0 Å². The molecule has 3 N–H and O–H groups in total. The van der Waals surface area contributed by atoms with Crippen LogP contribution in [-0.2, 0) is 14.9 Å². The average Bonchev–Trinajstić information content (AvgIpc) is 1.78. The quantitative estimate of drug-likeness (QED) is 0.353. The number of primary amides is 1. The Morgan fingerprint density at radius 2 is 2.09 bits per heavy atom. The van der Waals surface area contributed by atoms with E-state index in [9.17, 15) is 13.2 Å². The van der Waals surface area contributed by atoms with Gasteiger partial charge in [0.25, 0.3) is 0 Å². The van der Waals surface area contributed by atoms with E-state index < -0.39 is 31.8 Å². The zero-order valence-electron chi connectivity index (χ0n) is 5.78. The second-order valence-electron chi connectivity index (χ2n) is 1.93. The van der Waals surface area contributed by atoms with Gasteiger partial charge in [-0.1, -0.05) is 0 Å². The molecule has 0 heterocycles. The summed E-state index contributed by atoms with van der Waals surface area (Å²) in [6, 6.07) is 0. The number of amides is 1. The van der Waals surface area contributed by atoms with Gasteiger partial charge in [-0.05, 0) is 0 Å². The van der Waals surface area contributed by atoms with Crippen molar-refractivity contribution >= 4 is 31.8 Å². The minimum atomic E-state index is -3.84. The van der Waals surface area contributed by atoms with Gasteiger partial charge in [0.05, 0.1) is 0 Å². The number of rotatable bonds is 5. The zero-order chi connectivity index (χ0) is 8.91. The molecule has 0 aromatic carbocycles. The maximum absolute atomic E-state index is 10.2. The summed E-state index contributed by atoms with van der Waals surface area (Å²) in [6.07, 6.45) is 0. The van der Waals surface area contributed by atoms with Crippen LogP contribution in [0.15, 0.2) is 0 Å². The first-order valence-corrected chi connectivity index (χ1v) is 7.43. The molecule has 1 amide bonds. The fourth-order valence-electron chi connectivity index (χ4n) is 0.413. The molecule has 0 radical (unpaired) electrons. The van der Waals surface area contributed by atoms with Gasteiger partial charge in [0.2, 0.25) is 0 Å². The van der Waals surface area contributed by atoms with E-state index >= 15 is 0 Å². The number of hydrogen-bond acceptors (Lipinski definition) is 3. The average molecular weight is 243 g/mol. The molecule has 7 heteroatoms. The molecule has 0 rings (SSSR count). The van der Waals surface area contributed by atoms with E-state index in [1.807, 2.05) is 0 Å². The topological polar surface area (TPSA) is 97.5 Å². The molecule has 0 spiro atoms. The molecule has 0 aromatic heterocycles. The Bertz CT molecular complexity index is 224. The van der Waals surface area contributed by atoms with Crippen molar-refractivity contribution in [2.75, 3.05) is 5.75 Å². The van der Waals surface area contributed by atoms with E-state index in [1.165, 1.54) is 0 Å². The molecular formula is C4H10AsNO4S. The van der Waals surface area contributed by atoms with Gasteiger partial charge in [0.1, 0.15) is 0 Å². The summed E-state index contributed by atoms with van der Waals surface area (Å²) in [6.45, 7) is 0. The van der Waals surface area contributed by atoms with Crippen molar-refractivity contribution < 1.29 is 17.8 Å². The minimum absolute atomic E-state index is 0.250. The molecule has 0 saturated heterocycles. The standard InChI is InChI=1S/C4H10AsNO4S/c6-4(7)3-5-1-2-11(8,9)10/h5H,1-3H2,(H2,6,7)(H,8,9,10). The predicted octanol–water partition coefficient (Wildman–Crippen LogP) is -1.37. The first-order chi connectivity index (χ1) is 4.92. The van der Waals surface area contributed by atoms with E-state index in [1.54, 1.807) is 0 Å². The van der Waals surface area contributed by atoms with Crippen LogP contribution >= 0.6 is 0 Å². The molecule has 0 fully saturated rings. The number of carbonyl (C=O) groups excluding carboxylic acids is 1. The van der Waals surface area contributed by atoms with Gasteiger partial charge in [-0.25, -0.2) is 0 Å². The van der Waals surface area contributed by atoms with Crippen LogP contribution in [0.2, 0.25) is 10.4 Å². The molecule has 66 valence electrons. The van der Waals surface area contributed by atoms with E-state index in [-0.39, 0.29) is 11.0 Å². The number of hydrogen-bond donors (Lipinski definition) is 2. The fraction of sp³-hybridized carbons (Fsp3) is 0.750. The summed E-state index contributed by atoms with van der Waals surface area (Å²) in [5, 5.41) is 0.678. The van der Waals surface area contributed by atoms with E-state index in [0.29, 0.717) is 5.21 Å². The van der Waals surface area contributed by atoms with E-state index in [0.717, 1.165) is 0 Å². The Morgan fingerprint density at radius 3 is 2.45 bits per heavy atom. The maximum atomic E-state index is 10.2. The van der Waals surface area contributed by atoms with Crippen molar-refractivity contribution in [1.29, 1.82) is 0 Å². The van der Waals surface area contributed by atoms with Crippen LogP contribution in [0.25, 0.3) is 0 Å². The summed E-state index contributed by atoms with van der Waals surface area (Å²) < 4.78 is 28.5. The van der Waals surface area contributed by atoms with Crippen molar-refractivity contribution in [3.63, 3.8) is 0 Å². The summed E-state index contributed by atoms with van der Waals surface area (Å²) in [7, 11) is -3.84. The summed E-state index contributed by atoms with van der Waals surface area (Å²) in [5.74, 6) is -0.652. The van der Waals surface area contributed by atoms with Crippen molar-refractivity contribution in [3.05, 3.63) is 0 Å². The van der Waals surface area contributed by atoms with Gasteiger partial charge in [-0.15, -0.1) is 0 Å². The molecule has 0 aliphatic rings. The first kappa shape index (κ1) is 10.9. The third-order valence-electron chi connectivity index (χ3n) is 0.836. The van der Waals surface area contributed by atoms with Crippen LogP contribution in [0.3, 0.4) is 0 Å². The van der Waals surface area contributed by atoms with Crippen LogP contribution in [0.1, 0.15) is 0 Å². The molecule has 0 aliphatic carbocycles.